The predicted octanol–water partition coefficient (Wildman–Crippen LogP) is 0.673. The van der Waals surface area contributed by atoms with Crippen LogP contribution >= 0.6 is 0 Å². The number of hydrogen-bond donors (Lipinski definition) is 1. The highest BCUT2D eigenvalue weighted by Crippen LogP contribution is 2.16. The predicted molar refractivity (Wildman–Crippen MR) is 88.5 cm³/mol. The van der Waals surface area contributed by atoms with Crippen LogP contribution in [0.5, 0.6) is 0 Å². The minimum absolute atomic E-state index is 0.142. The van der Waals surface area contributed by atoms with Crippen LogP contribution in [0.2, 0.25) is 0 Å². The van der Waals surface area contributed by atoms with Crippen LogP contribution in [-0.2, 0) is 16.1 Å². The summed E-state index contributed by atoms with van der Waals surface area (Å²) in [6, 6.07) is 9.94. The number of carbonyl (C=O) groups excluding carboxylic acids is 2. The zero-order valence-corrected chi connectivity index (χ0v) is 13.2. The van der Waals surface area contributed by atoms with E-state index in [1.165, 1.54) is 6.08 Å². The first kappa shape index (κ1) is 15.9. The van der Waals surface area contributed by atoms with Crippen molar-refractivity contribution in [2.45, 2.75) is 13.0 Å². The molecule has 0 unspecified atom stereocenters. The summed E-state index contributed by atoms with van der Waals surface area (Å²) in [6.07, 6.45) is 5.50. The number of primary amides is 1. The lowest BCUT2D eigenvalue weighted by Gasteiger charge is -2.12. The van der Waals surface area contributed by atoms with E-state index in [0.29, 0.717) is 31.7 Å². The van der Waals surface area contributed by atoms with Gasteiger partial charge in [0, 0.05) is 19.2 Å². The van der Waals surface area contributed by atoms with Gasteiger partial charge in [0.2, 0.25) is 11.8 Å². The van der Waals surface area contributed by atoms with Gasteiger partial charge < -0.3 is 10.6 Å². The van der Waals surface area contributed by atoms with Crippen molar-refractivity contribution in [3.8, 4) is 0 Å². The molecule has 0 spiro atoms. The fraction of sp³-hybridized carbons (Fsp3) is 0.294. The summed E-state index contributed by atoms with van der Waals surface area (Å²) in [7, 11) is 0. The first-order valence-electron chi connectivity index (χ1n) is 7.82. The third-order valence-corrected chi connectivity index (χ3v) is 4.04. The van der Waals surface area contributed by atoms with Gasteiger partial charge in [0.25, 0.3) is 0 Å². The highest BCUT2D eigenvalue weighted by Gasteiger charge is 2.28. The Morgan fingerprint density at radius 3 is 2.79 bits per heavy atom. The van der Waals surface area contributed by atoms with Crippen LogP contribution in [0.25, 0.3) is 6.08 Å². The average Bonchev–Trinajstić information content (AvgIpc) is 3.23. The van der Waals surface area contributed by atoms with Gasteiger partial charge in [-0.3, -0.25) is 9.59 Å². The van der Waals surface area contributed by atoms with Gasteiger partial charge in [-0.25, -0.2) is 4.68 Å². The molecule has 1 aromatic carbocycles. The Bertz CT molecular complexity index is 753. The quantitative estimate of drug-likeness (QED) is 0.818. The summed E-state index contributed by atoms with van der Waals surface area (Å²) < 4.78 is 1.72. The van der Waals surface area contributed by atoms with Gasteiger partial charge in [-0.2, -0.15) is 0 Å². The number of benzene rings is 1. The molecule has 124 valence electrons. The summed E-state index contributed by atoms with van der Waals surface area (Å²) in [5.74, 6) is -0.733. The third kappa shape index (κ3) is 3.87. The molecular formula is C17H19N5O2. The number of aromatic nitrogens is 3. The Hall–Kier alpha value is -2.96. The molecule has 2 heterocycles. The number of nitrogens with two attached hydrogens (primary N) is 1. The topological polar surface area (TPSA) is 94.1 Å². The van der Waals surface area contributed by atoms with Crippen molar-refractivity contribution in [1.82, 2.24) is 19.9 Å². The van der Waals surface area contributed by atoms with E-state index < -0.39 is 0 Å². The maximum Gasteiger partial charge on any atom is 0.246 e. The smallest absolute Gasteiger partial charge is 0.246 e. The van der Waals surface area contributed by atoms with Crippen molar-refractivity contribution in [2.24, 2.45) is 11.7 Å². The average molecular weight is 325 g/mol. The molecule has 3 rings (SSSR count). The molecule has 1 aliphatic heterocycles. The first-order valence-corrected chi connectivity index (χ1v) is 7.82. The molecule has 2 amide bonds. The molecule has 1 saturated heterocycles. The van der Waals surface area contributed by atoms with Crippen LogP contribution in [0, 0.1) is 5.92 Å². The fourth-order valence-electron chi connectivity index (χ4n) is 2.69. The van der Waals surface area contributed by atoms with Crippen molar-refractivity contribution in [2.75, 3.05) is 13.1 Å². The summed E-state index contributed by atoms with van der Waals surface area (Å²) in [5, 5.41) is 8.09. The van der Waals surface area contributed by atoms with Crippen molar-refractivity contribution in [3.63, 3.8) is 0 Å². The Morgan fingerprint density at radius 1 is 1.29 bits per heavy atom. The number of rotatable bonds is 5. The van der Waals surface area contributed by atoms with Crippen LogP contribution in [0.15, 0.2) is 42.6 Å². The molecule has 7 heteroatoms. The monoisotopic (exact) mass is 325 g/mol. The number of likely N-dealkylation sites (tertiary alicyclic amines) is 1. The normalized spacial score (nSPS) is 17.5. The maximum atomic E-state index is 12.1. The molecule has 1 atom stereocenters. The summed E-state index contributed by atoms with van der Waals surface area (Å²) in [4.78, 5) is 24.9. The fourth-order valence-corrected chi connectivity index (χ4v) is 2.69. The Morgan fingerprint density at radius 2 is 2.08 bits per heavy atom. The van der Waals surface area contributed by atoms with Crippen molar-refractivity contribution < 1.29 is 9.59 Å². The third-order valence-electron chi connectivity index (χ3n) is 4.04. The second kappa shape index (κ2) is 7.08. The van der Waals surface area contributed by atoms with E-state index in [1.807, 2.05) is 30.3 Å². The standard InChI is InChI=1S/C17H19N5O2/c18-17(24)14-8-9-21(11-14)16(23)7-6-15-12-22(20-19-15)10-13-4-2-1-3-5-13/h1-7,12,14H,8-11H2,(H2,18,24)/b7-6+/t14-/m0/s1. The second-order valence-electron chi connectivity index (χ2n) is 5.83. The van der Waals surface area contributed by atoms with Crippen LogP contribution < -0.4 is 5.73 Å². The highest BCUT2D eigenvalue weighted by molar-refractivity contribution is 5.92. The van der Waals surface area contributed by atoms with Gasteiger partial charge in [-0.1, -0.05) is 35.5 Å². The molecule has 2 N–H and O–H groups in total. The van der Waals surface area contributed by atoms with Crippen LogP contribution in [0.1, 0.15) is 17.7 Å². The Balaban J connectivity index is 1.57. The van der Waals surface area contributed by atoms with E-state index in [9.17, 15) is 9.59 Å². The summed E-state index contributed by atoms with van der Waals surface area (Å²) >= 11 is 0. The Labute approximate surface area is 139 Å². The van der Waals surface area contributed by atoms with Crippen molar-refractivity contribution >= 4 is 17.9 Å². The maximum absolute atomic E-state index is 12.1. The summed E-state index contributed by atoms with van der Waals surface area (Å²) in [5.41, 5.74) is 7.02. The SMILES string of the molecule is NC(=O)[C@H]1CCN(C(=O)/C=C/c2cn(Cc3ccccc3)nn2)C1. The molecule has 1 aliphatic rings. The zero-order valence-electron chi connectivity index (χ0n) is 13.2. The number of amides is 2. The van der Waals surface area contributed by atoms with Gasteiger partial charge in [-0.15, -0.1) is 5.10 Å². The van der Waals surface area contributed by atoms with Crippen molar-refractivity contribution in [3.05, 3.63) is 53.9 Å². The first-order chi connectivity index (χ1) is 11.6. The minimum atomic E-state index is -0.349. The van der Waals surface area contributed by atoms with E-state index in [0.717, 1.165) is 5.56 Å². The lowest BCUT2D eigenvalue weighted by atomic mass is 10.1. The molecule has 0 bridgehead atoms. The minimum Gasteiger partial charge on any atom is -0.369 e. The van der Waals surface area contributed by atoms with E-state index in [2.05, 4.69) is 10.3 Å². The molecule has 1 fully saturated rings. The molecule has 0 radical (unpaired) electrons. The number of nitrogens with zero attached hydrogens (tertiary/aromatic N) is 4. The van der Waals surface area contributed by atoms with Crippen LogP contribution in [-0.4, -0.2) is 44.8 Å². The van der Waals surface area contributed by atoms with Crippen LogP contribution in [0.3, 0.4) is 0 Å². The molecule has 0 saturated carbocycles. The molecule has 2 aromatic rings. The van der Waals surface area contributed by atoms with Gasteiger partial charge in [0.15, 0.2) is 0 Å². The molecule has 1 aromatic heterocycles. The lowest BCUT2D eigenvalue weighted by Crippen LogP contribution is -2.30. The van der Waals surface area contributed by atoms with Crippen LogP contribution in [0.4, 0.5) is 0 Å². The van der Waals surface area contributed by atoms with E-state index >= 15 is 0 Å². The second-order valence-corrected chi connectivity index (χ2v) is 5.83. The van der Waals surface area contributed by atoms with Crippen molar-refractivity contribution in [1.29, 1.82) is 0 Å². The van der Waals surface area contributed by atoms with E-state index in [1.54, 1.807) is 21.9 Å². The zero-order chi connectivity index (χ0) is 16.9. The number of hydrogen-bond acceptors (Lipinski definition) is 4. The highest BCUT2D eigenvalue weighted by atomic mass is 16.2. The largest absolute Gasteiger partial charge is 0.369 e. The molecular weight excluding hydrogens is 306 g/mol. The van der Waals surface area contributed by atoms with Gasteiger partial charge in [-0.05, 0) is 18.1 Å². The van der Waals surface area contributed by atoms with E-state index in [-0.39, 0.29) is 17.7 Å². The van der Waals surface area contributed by atoms with Gasteiger partial charge in [0.05, 0.1) is 18.7 Å². The van der Waals surface area contributed by atoms with Gasteiger partial charge >= 0.3 is 0 Å². The molecule has 24 heavy (non-hydrogen) atoms. The van der Waals surface area contributed by atoms with E-state index in [4.69, 9.17) is 5.73 Å². The number of carbonyl (C=O) groups is 2. The van der Waals surface area contributed by atoms with Gasteiger partial charge in [0.1, 0.15) is 5.69 Å². The Kier molecular flexibility index (Phi) is 4.69. The lowest BCUT2D eigenvalue weighted by molar-refractivity contribution is -0.125. The summed E-state index contributed by atoms with van der Waals surface area (Å²) in [6.45, 7) is 1.57. The molecule has 0 aliphatic carbocycles. The molecule has 7 nitrogen and oxygen atoms in total.